The summed E-state index contributed by atoms with van der Waals surface area (Å²) in [5, 5.41) is 21.4. The zero-order valence-electron chi connectivity index (χ0n) is 35.0. The number of fused-ring (bicyclic) bond motifs is 3. The second-order valence-electron chi connectivity index (χ2n) is 17.1. The molecule has 6 rings (SSSR count). The van der Waals surface area contributed by atoms with Gasteiger partial charge in [-0.25, -0.2) is 18.4 Å². The average Bonchev–Trinajstić information content (AvgIpc) is 3.80. The number of anilines is 1. The maximum Gasteiger partial charge on any atom is 0.329 e. The van der Waals surface area contributed by atoms with Gasteiger partial charge in [0.05, 0.1) is 6.10 Å². The van der Waals surface area contributed by atoms with Crippen LogP contribution >= 0.6 is 0 Å². The number of esters is 1. The Kier molecular flexibility index (Phi) is 13.9. The first-order valence-corrected chi connectivity index (χ1v) is 20.9. The van der Waals surface area contributed by atoms with E-state index in [4.69, 9.17) is 4.74 Å². The summed E-state index contributed by atoms with van der Waals surface area (Å²) in [6.45, 7) is 8.70. The van der Waals surface area contributed by atoms with E-state index in [-0.39, 0.29) is 56.3 Å². The molecule has 9 atom stereocenters. The van der Waals surface area contributed by atoms with Crippen LogP contribution < -0.4 is 21.3 Å². The second kappa shape index (κ2) is 19.0. The normalized spacial score (nSPS) is 28.1. The molecule has 2 aromatic carbocycles. The first kappa shape index (κ1) is 44.9. The molecule has 18 heteroatoms. The molecule has 0 saturated carbocycles. The van der Waals surface area contributed by atoms with Crippen LogP contribution in [0.1, 0.15) is 83.8 Å². The number of ether oxygens (including phenoxy) is 1. The van der Waals surface area contributed by atoms with Crippen LogP contribution in [0, 0.1) is 17.6 Å². The highest BCUT2D eigenvalue weighted by molar-refractivity contribution is 5.99. The average molecular weight is 852 g/mol. The Bertz CT molecular complexity index is 2000. The molecule has 4 saturated heterocycles. The number of nitrogens with zero attached hydrogens (tertiary/aromatic N) is 3. The highest BCUT2D eigenvalue weighted by Crippen LogP contribution is 2.29. The quantitative estimate of drug-likeness (QED) is 0.259. The first-order chi connectivity index (χ1) is 28.9. The van der Waals surface area contributed by atoms with Crippen molar-refractivity contribution in [3.8, 4) is 0 Å². The van der Waals surface area contributed by atoms with E-state index in [0.29, 0.717) is 24.6 Å². The van der Waals surface area contributed by atoms with Crippen LogP contribution in [0.4, 0.5) is 19.3 Å². The number of hydrogen-bond acceptors (Lipinski definition) is 9. The molecule has 5 N–H and O–H groups in total. The van der Waals surface area contributed by atoms with E-state index >= 15 is 0 Å². The van der Waals surface area contributed by atoms with Crippen molar-refractivity contribution >= 4 is 47.2 Å². The molecule has 4 heterocycles. The number of cyclic esters (lactones) is 1. The molecular weight excluding hydrogens is 797 g/mol. The Hall–Kier alpha value is -5.65. The van der Waals surface area contributed by atoms with Crippen LogP contribution in [0.3, 0.4) is 0 Å². The fourth-order valence-corrected chi connectivity index (χ4v) is 8.68. The van der Waals surface area contributed by atoms with Gasteiger partial charge in [-0.2, -0.15) is 0 Å². The number of halogens is 2. The number of amides is 7. The number of urea groups is 1. The van der Waals surface area contributed by atoms with Crippen molar-refractivity contribution in [2.45, 2.75) is 128 Å². The van der Waals surface area contributed by atoms with Crippen LogP contribution in [-0.4, -0.2) is 129 Å². The molecule has 4 aliphatic heterocycles. The summed E-state index contributed by atoms with van der Waals surface area (Å²) < 4.78 is 34.6. The van der Waals surface area contributed by atoms with Crippen LogP contribution in [0.5, 0.6) is 0 Å². The lowest BCUT2D eigenvalue weighted by molar-refractivity contribution is -0.163. The van der Waals surface area contributed by atoms with Gasteiger partial charge in [0.25, 0.3) is 0 Å². The third-order valence-electron chi connectivity index (χ3n) is 11.9. The van der Waals surface area contributed by atoms with Crippen LogP contribution in [-0.2, 0) is 39.9 Å². The number of carbonyl (C=O) groups is 7. The van der Waals surface area contributed by atoms with Crippen molar-refractivity contribution in [2.75, 3.05) is 25.0 Å². The van der Waals surface area contributed by atoms with E-state index in [9.17, 15) is 47.4 Å². The fourth-order valence-electron chi connectivity index (χ4n) is 8.68. The molecule has 61 heavy (non-hydrogen) atoms. The summed E-state index contributed by atoms with van der Waals surface area (Å²) in [4.78, 5) is 102. The van der Waals surface area contributed by atoms with E-state index in [0.717, 1.165) is 22.6 Å². The Morgan fingerprint density at radius 3 is 2.20 bits per heavy atom. The molecule has 330 valence electrons. The Labute approximate surface area is 353 Å². The molecule has 4 fully saturated rings. The largest absolute Gasteiger partial charge is 0.458 e. The maximum atomic E-state index is 14.8. The predicted octanol–water partition coefficient (Wildman–Crippen LogP) is 2.34. The number of carbonyl (C=O) groups excluding carboxylic acids is 7. The molecule has 0 unspecified atom stereocenters. The van der Waals surface area contributed by atoms with Crippen LogP contribution in [0.25, 0.3) is 0 Å². The predicted molar refractivity (Wildman–Crippen MR) is 216 cm³/mol. The lowest BCUT2D eigenvalue weighted by atomic mass is 9.98. The summed E-state index contributed by atoms with van der Waals surface area (Å²) in [7, 11) is 0. The summed E-state index contributed by atoms with van der Waals surface area (Å²) in [5.41, 5.74) is 1.38. The molecule has 0 radical (unpaired) electrons. The molecule has 2 aromatic rings. The standard InChI is InChI=1S/C43H55F2N7O9/c1-22(2)27-9-11-30(12-10-27)47-43(60)48-32(17-26-15-28(44)18-29(45)16-26)37(54)49-36-25(5)61-42(59)35-14-23(3)20-51(35)39(56)24(4)46-38(55)33-8-6-7-13-50(33)40(57)34-19-31(53)21-52(34)41(36)58/h9-12,15-16,18,22-25,31-36,53H,6-8,13-14,17,19-21H2,1-5H3,(H,46,55)(H,49,54)(H2,47,48,60)/t23-,24+,25+,31-,32+,33+,34+,35+,36+/m1/s1. The Morgan fingerprint density at radius 2 is 1.52 bits per heavy atom. The number of aliphatic hydroxyl groups is 1. The van der Waals surface area contributed by atoms with Gasteiger partial charge in [0, 0.05) is 44.2 Å². The topological polar surface area (TPSA) is 207 Å². The van der Waals surface area contributed by atoms with Gasteiger partial charge in [0.2, 0.25) is 29.5 Å². The van der Waals surface area contributed by atoms with Crippen molar-refractivity contribution in [3.63, 3.8) is 0 Å². The summed E-state index contributed by atoms with van der Waals surface area (Å²) >= 11 is 0. The third kappa shape index (κ3) is 10.5. The van der Waals surface area contributed by atoms with E-state index < -0.39 is 108 Å². The SMILES string of the molecule is CC(C)c1ccc(NC(=O)N[C@@H](Cc2cc(F)cc(F)c2)C(=O)N[C@@H]2C(=O)N3C[C@H](O)C[C@H]3C(=O)N3CCCC[C@H]3C(=O)N[C@@H](C)C(=O)N3C[C@H](C)C[C@H]3C(=O)O[C@H]2C)cc1. The monoisotopic (exact) mass is 851 g/mol. The lowest BCUT2D eigenvalue weighted by Gasteiger charge is -2.39. The highest BCUT2D eigenvalue weighted by atomic mass is 19.1. The fraction of sp³-hybridized carbons (Fsp3) is 0.558. The molecule has 0 aliphatic carbocycles. The van der Waals surface area contributed by atoms with Gasteiger partial charge in [0.15, 0.2) is 0 Å². The number of aliphatic hydroxyl groups excluding tert-OH is 1. The molecule has 0 spiro atoms. The van der Waals surface area contributed by atoms with Crippen molar-refractivity contribution in [1.82, 2.24) is 30.7 Å². The molecule has 4 aliphatic rings. The summed E-state index contributed by atoms with van der Waals surface area (Å²) in [6.07, 6.45) is -1.61. The number of piperidine rings is 1. The van der Waals surface area contributed by atoms with Gasteiger partial charge >= 0.3 is 12.0 Å². The summed E-state index contributed by atoms with van der Waals surface area (Å²) in [6, 6.07) is 0.982. The smallest absolute Gasteiger partial charge is 0.329 e. The minimum atomic E-state index is -1.74. The molecule has 16 nitrogen and oxygen atoms in total. The van der Waals surface area contributed by atoms with Gasteiger partial charge in [-0.15, -0.1) is 0 Å². The van der Waals surface area contributed by atoms with E-state index in [1.807, 2.05) is 32.9 Å². The highest BCUT2D eigenvalue weighted by Gasteiger charge is 2.49. The first-order valence-electron chi connectivity index (χ1n) is 20.9. The van der Waals surface area contributed by atoms with Gasteiger partial charge in [-0.05, 0) is 86.8 Å². The van der Waals surface area contributed by atoms with E-state index in [2.05, 4.69) is 21.3 Å². The maximum absolute atomic E-state index is 14.8. The van der Waals surface area contributed by atoms with E-state index in [1.54, 1.807) is 12.1 Å². The number of nitrogens with one attached hydrogen (secondary N) is 4. The van der Waals surface area contributed by atoms with Gasteiger partial charge < -0.3 is 45.8 Å². The van der Waals surface area contributed by atoms with E-state index in [1.165, 1.54) is 23.6 Å². The molecular formula is C43H55F2N7O9. The second-order valence-corrected chi connectivity index (χ2v) is 17.1. The zero-order chi connectivity index (χ0) is 44.3. The molecule has 0 aromatic heterocycles. The Balaban J connectivity index is 1.35. The van der Waals surface area contributed by atoms with Gasteiger partial charge in [0.1, 0.15) is 54.0 Å². The molecule has 7 amide bonds. The van der Waals surface area contributed by atoms with Crippen molar-refractivity contribution in [3.05, 3.63) is 65.2 Å². The number of benzene rings is 2. The number of hydrogen-bond donors (Lipinski definition) is 5. The minimum absolute atomic E-state index is 0.00850. The van der Waals surface area contributed by atoms with Crippen LogP contribution in [0.2, 0.25) is 0 Å². The molecule has 0 bridgehead atoms. The lowest BCUT2D eigenvalue weighted by Crippen LogP contribution is -2.63. The summed E-state index contributed by atoms with van der Waals surface area (Å²) in [5.74, 6) is -6.34. The van der Waals surface area contributed by atoms with Crippen molar-refractivity contribution < 1.29 is 52.2 Å². The third-order valence-corrected chi connectivity index (χ3v) is 11.9. The van der Waals surface area contributed by atoms with Crippen LogP contribution in [0.15, 0.2) is 42.5 Å². The number of rotatable bonds is 7. The minimum Gasteiger partial charge on any atom is -0.458 e. The van der Waals surface area contributed by atoms with Crippen molar-refractivity contribution in [2.24, 2.45) is 5.92 Å². The van der Waals surface area contributed by atoms with Gasteiger partial charge in [-0.1, -0.05) is 32.9 Å². The Morgan fingerprint density at radius 1 is 0.852 bits per heavy atom. The zero-order valence-corrected chi connectivity index (χ0v) is 35.0. The van der Waals surface area contributed by atoms with Crippen molar-refractivity contribution in [1.29, 1.82) is 0 Å². The van der Waals surface area contributed by atoms with Gasteiger partial charge in [-0.3, -0.25) is 24.0 Å².